The summed E-state index contributed by atoms with van der Waals surface area (Å²) in [5.41, 5.74) is 5.52. The maximum Gasteiger partial charge on any atom is 0.220 e. The molecule has 0 bridgehead atoms. The van der Waals surface area contributed by atoms with Crippen molar-refractivity contribution in [2.45, 2.75) is 39.0 Å². The lowest BCUT2D eigenvalue weighted by atomic mass is 9.92. The van der Waals surface area contributed by atoms with Crippen molar-refractivity contribution >= 4 is 10.8 Å². The number of pyridine rings is 1. The fraction of sp³-hybridized carbons (Fsp3) is 0.348. The molecule has 0 amide bonds. The number of hydrogen-bond donors (Lipinski definition) is 0. The third kappa shape index (κ3) is 2.73. The van der Waals surface area contributed by atoms with Crippen LogP contribution < -0.4 is 4.57 Å². The fourth-order valence-corrected chi connectivity index (χ4v) is 4.39. The topological polar surface area (TPSA) is 3.88 Å². The first kappa shape index (κ1) is 15.4. The van der Waals surface area contributed by atoms with Gasteiger partial charge in [-0.1, -0.05) is 62.1 Å². The van der Waals surface area contributed by atoms with Crippen LogP contribution in [0, 0.1) is 12.8 Å². The maximum atomic E-state index is 2.38. The minimum atomic E-state index is 0.873. The minimum absolute atomic E-state index is 0.873. The Morgan fingerprint density at radius 1 is 0.917 bits per heavy atom. The molecule has 1 aliphatic carbocycles. The van der Waals surface area contributed by atoms with Crippen LogP contribution in [0.2, 0.25) is 0 Å². The summed E-state index contributed by atoms with van der Waals surface area (Å²) in [4.78, 5) is 0. The fourth-order valence-electron chi connectivity index (χ4n) is 4.39. The van der Waals surface area contributed by atoms with Crippen molar-refractivity contribution < 1.29 is 4.57 Å². The molecule has 0 unspecified atom stereocenters. The Bertz CT molecular complexity index is 872. The molecule has 2 aromatic carbocycles. The second kappa shape index (κ2) is 6.39. The summed E-state index contributed by atoms with van der Waals surface area (Å²) in [6.45, 7) is 2.20. The van der Waals surface area contributed by atoms with E-state index in [1.165, 1.54) is 65.3 Å². The number of aryl methyl sites for hydroxylation is 2. The van der Waals surface area contributed by atoms with Crippen LogP contribution in [-0.4, -0.2) is 0 Å². The molecule has 0 aliphatic heterocycles. The van der Waals surface area contributed by atoms with Gasteiger partial charge in [-0.2, -0.15) is 0 Å². The van der Waals surface area contributed by atoms with E-state index >= 15 is 0 Å². The summed E-state index contributed by atoms with van der Waals surface area (Å²) < 4.78 is 2.34. The van der Waals surface area contributed by atoms with Gasteiger partial charge in [0.2, 0.25) is 5.69 Å². The third-order valence-corrected chi connectivity index (χ3v) is 5.61. The Hall–Kier alpha value is -2.15. The highest BCUT2D eigenvalue weighted by molar-refractivity contribution is 5.95. The van der Waals surface area contributed by atoms with Crippen molar-refractivity contribution in [3.05, 3.63) is 65.9 Å². The molecule has 0 saturated heterocycles. The second-order valence-corrected chi connectivity index (χ2v) is 7.33. The van der Waals surface area contributed by atoms with E-state index in [-0.39, 0.29) is 0 Å². The van der Waals surface area contributed by atoms with Gasteiger partial charge in [-0.25, -0.2) is 4.57 Å². The number of fused-ring (bicyclic) bond motifs is 1. The standard InChI is InChI=1S/C23H26N/c1-17-9-3-6-12-20(17)23-22-14-8-7-13-21(22)19(16-24(23)2)15-18-10-4-5-11-18/h3,6-9,12-14,16,18H,4-5,10-11,15H2,1-2H3/q+1. The molecule has 1 heterocycles. The first-order chi connectivity index (χ1) is 11.7. The second-order valence-electron chi connectivity index (χ2n) is 7.33. The zero-order valence-electron chi connectivity index (χ0n) is 14.8. The monoisotopic (exact) mass is 316 g/mol. The molecule has 1 aromatic heterocycles. The molecule has 3 aromatic rings. The highest BCUT2D eigenvalue weighted by Gasteiger charge is 2.22. The van der Waals surface area contributed by atoms with Gasteiger partial charge in [0.15, 0.2) is 6.20 Å². The van der Waals surface area contributed by atoms with Crippen molar-refractivity contribution in [1.82, 2.24) is 0 Å². The van der Waals surface area contributed by atoms with Gasteiger partial charge in [0.25, 0.3) is 0 Å². The molecular weight excluding hydrogens is 290 g/mol. The Balaban J connectivity index is 1.90. The first-order valence-electron chi connectivity index (χ1n) is 9.20. The summed E-state index contributed by atoms with van der Waals surface area (Å²) in [6, 6.07) is 17.7. The van der Waals surface area contributed by atoms with Crippen molar-refractivity contribution in [3.63, 3.8) is 0 Å². The van der Waals surface area contributed by atoms with Gasteiger partial charge >= 0.3 is 0 Å². The predicted octanol–water partition coefficient (Wildman–Crippen LogP) is 5.37. The number of hydrogen-bond acceptors (Lipinski definition) is 0. The highest BCUT2D eigenvalue weighted by Crippen LogP contribution is 2.33. The van der Waals surface area contributed by atoms with Crippen molar-refractivity contribution in [2.75, 3.05) is 0 Å². The maximum absolute atomic E-state index is 2.38. The van der Waals surface area contributed by atoms with E-state index in [1.54, 1.807) is 0 Å². The molecule has 4 rings (SSSR count). The molecule has 122 valence electrons. The Kier molecular flexibility index (Phi) is 4.10. The van der Waals surface area contributed by atoms with Crippen LogP contribution in [0.25, 0.3) is 22.0 Å². The average Bonchev–Trinajstić information content (AvgIpc) is 3.09. The number of rotatable bonds is 3. The van der Waals surface area contributed by atoms with Crippen LogP contribution >= 0.6 is 0 Å². The first-order valence-corrected chi connectivity index (χ1v) is 9.20. The summed E-state index contributed by atoms with van der Waals surface area (Å²) in [6.07, 6.45) is 9.23. The van der Waals surface area contributed by atoms with E-state index in [1.807, 2.05) is 0 Å². The van der Waals surface area contributed by atoms with Crippen LogP contribution in [0.15, 0.2) is 54.7 Å². The third-order valence-electron chi connectivity index (χ3n) is 5.61. The molecular formula is C23H26N+. The zero-order chi connectivity index (χ0) is 16.5. The molecule has 1 nitrogen and oxygen atoms in total. The normalized spacial score (nSPS) is 15.2. The van der Waals surface area contributed by atoms with E-state index < -0.39 is 0 Å². The number of nitrogens with zero attached hydrogens (tertiary/aromatic N) is 1. The molecule has 0 spiro atoms. The molecule has 0 radical (unpaired) electrons. The largest absolute Gasteiger partial charge is 0.220 e. The van der Waals surface area contributed by atoms with Gasteiger partial charge in [0, 0.05) is 11.1 Å². The van der Waals surface area contributed by atoms with E-state index in [2.05, 4.69) is 73.3 Å². The van der Waals surface area contributed by atoms with Crippen LogP contribution in [0.3, 0.4) is 0 Å². The van der Waals surface area contributed by atoms with Gasteiger partial charge in [0.05, 0.1) is 5.39 Å². The predicted molar refractivity (Wildman–Crippen MR) is 101 cm³/mol. The van der Waals surface area contributed by atoms with Crippen molar-refractivity contribution in [3.8, 4) is 11.3 Å². The molecule has 1 saturated carbocycles. The molecule has 0 atom stereocenters. The molecule has 1 heteroatoms. The van der Waals surface area contributed by atoms with Gasteiger partial charge in [-0.3, -0.25) is 0 Å². The Morgan fingerprint density at radius 2 is 1.58 bits per heavy atom. The van der Waals surface area contributed by atoms with Crippen molar-refractivity contribution in [1.29, 1.82) is 0 Å². The van der Waals surface area contributed by atoms with Crippen LogP contribution in [0.1, 0.15) is 36.8 Å². The summed E-state index contributed by atoms with van der Waals surface area (Å²) in [5.74, 6) is 0.873. The Morgan fingerprint density at radius 3 is 2.33 bits per heavy atom. The summed E-state index contributed by atoms with van der Waals surface area (Å²) in [7, 11) is 2.20. The van der Waals surface area contributed by atoms with E-state index in [0.717, 1.165) is 5.92 Å². The highest BCUT2D eigenvalue weighted by atomic mass is 14.9. The molecule has 1 aliphatic rings. The van der Waals surface area contributed by atoms with Crippen LogP contribution in [-0.2, 0) is 13.5 Å². The SMILES string of the molecule is Cc1ccccc1-c1c2ccccc2c(CC2CCCC2)c[n+]1C. The van der Waals surface area contributed by atoms with Gasteiger partial charge < -0.3 is 0 Å². The van der Waals surface area contributed by atoms with Gasteiger partial charge in [0.1, 0.15) is 7.05 Å². The van der Waals surface area contributed by atoms with Crippen LogP contribution in [0.4, 0.5) is 0 Å². The van der Waals surface area contributed by atoms with E-state index in [4.69, 9.17) is 0 Å². The lowest BCUT2D eigenvalue weighted by Crippen LogP contribution is -2.32. The molecule has 24 heavy (non-hydrogen) atoms. The lowest BCUT2D eigenvalue weighted by Gasteiger charge is -2.14. The minimum Gasteiger partial charge on any atom is -0.200 e. The molecule has 0 N–H and O–H groups in total. The van der Waals surface area contributed by atoms with Gasteiger partial charge in [-0.15, -0.1) is 0 Å². The zero-order valence-corrected chi connectivity index (χ0v) is 14.8. The number of aromatic nitrogens is 1. The average molecular weight is 316 g/mol. The van der Waals surface area contributed by atoms with Crippen LogP contribution in [0.5, 0.6) is 0 Å². The summed E-state index contributed by atoms with van der Waals surface area (Å²) in [5, 5.41) is 2.81. The number of benzene rings is 2. The van der Waals surface area contributed by atoms with Gasteiger partial charge in [-0.05, 0) is 42.3 Å². The smallest absolute Gasteiger partial charge is 0.200 e. The van der Waals surface area contributed by atoms with E-state index in [9.17, 15) is 0 Å². The quantitative estimate of drug-likeness (QED) is 0.572. The lowest BCUT2D eigenvalue weighted by molar-refractivity contribution is -0.659. The summed E-state index contributed by atoms with van der Waals surface area (Å²) >= 11 is 0. The molecule has 1 fully saturated rings. The van der Waals surface area contributed by atoms with E-state index in [0.29, 0.717) is 0 Å². The van der Waals surface area contributed by atoms with Crippen molar-refractivity contribution in [2.24, 2.45) is 13.0 Å². The Labute approximate surface area is 145 Å².